The normalized spacial score (nSPS) is 11.7. The number of alkyl halides is 1. The first kappa shape index (κ1) is 21.2. The van der Waals surface area contributed by atoms with E-state index in [1.165, 1.54) is 19.1 Å². The third kappa shape index (κ3) is 6.93. The molecule has 0 unspecified atom stereocenters. The Hall–Kier alpha value is -2.89. The third-order valence-electron chi connectivity index (χ3n) is 3.31. The molecular weight excluding hydrogens is 335 g/mol. The summed E-state index contributed by atoms with van der Waals surface area (Å²) in [7, 11) is 0. The Morgan fingerprint density at radius 3 is 2.65 bits per heavy atom. The molecule has 0 saturated carbocycles. The fraction of sp³-hybridized carbons (Fsp3) is 0.300. The Kier molecular flexibility index (Phi) is 9.46. The van der Waals surface area contributed by atoms with Crippen LogP contribution < -0.4 is 5.32 Å². The number of carbonyl (C=O) groups is 1. The van der Waals surface area contributed by atoms with Crippen LogP contribution in [0.3, 0.4) is 0 Å². The molecule has 0 saturated heterocycles. The molecule has 0 amide bonds. The molecule has 0 aliphatic rings. The lowest BCUT2D eigenvalue weighted by Gasteiger charge is -2.15. The van der Waals surface area contributed by atoms with Gasteiger partial charge in [-0.1, -0.05) is 18.7 Å². The minimum absolute atomic E-state index is 0.197. The first-order valence-electron chi connectivity index (χ1n) is 8.26. The number of hydrogen-bond acceptors (Lipinski definition) is 5. The summed E-state index contributed by atoms with van der Waals surface area (Å²) in [5, 5.41) is 3.18. The van der Waals surface area contributed by atoms with Crippen molar-refractivity contribution in [2.75, 3.05) is 31.7 Å². The van der Waals surface area contributed by atoms with E-state index in [2.05, 4.69) is 23.6 Å². The first-order valence-corrected chi connectivity index (χ1v) is 8.26. The van der Waals surface area contributed by atoms with Crippen molar-refractivity contribution >= 4 is 23.9 Å². The maximum absolute atomic E-state index is 12.8. The van der Waals surface area contributed by atoms with Crippen LogP contribution in [0.5, 0.6) is 0 Å². The lowest BCUT2D eigenvalue weighted by molar-refractivity contribution is -0.113. The Labute approximate surface area is 153 Å². The van der Waals surface area contributed by atoms with Gasteiger partial charge in [0.1, 0.15) is 13.3 Å². The van der Waals surface area contributed by atoms with Crippen LogP contribution in [0.2, 0.25) is 0 Å². The number of nitrogens with one attached hydrogen (secondary N) is 1. The summed E-state index contributed by atoms with van der Waals surface area (Å²) in [5.74, 6) is 0.309. The van der Waals surface area contributed by atoms with Crippen molar-refractivity contribution in [3.63, 3.8) is 0 Å². The number of allylic oxidation sites excluding steroid dienone is 3. The van der Waals surface area contributed by atoms with E-state index in [0.717, 1.165) is 11.4 Å². The molecule has 0 heterocycles. The molecule has 1 aromatic rings. The average Bonchev–Trinajstić information content (AvgIpc) is 2.64. The van der Waals surface area contributed by atoms with E-state index < -0.39 is 6.67 Å². The summed E-state index contributed by atoms with van der Waals surface area (Å²) < 4.78 is 24.0. The topological polar surface area (TPSA) is 59.9 Å². The maximum Gasteiger partial charge on any atom is 0.161 e. The zero-order chi connectivity index (χ0) is 19.4. The number of hydrogen-bond donors (Lipinski definition) is 1. The van der Waals surface area contributed by atoms with Crippen LogP contribution in [0.15, 0.2) is 65.1 Å². The van der Waals surface area contributed by atoms with Crippen molar-refractivity contribution in [2.24, 2.45) is 4.99 Å². The molecule has 0 aliphatic heterocycles. The molecular formula is C20H25FN2O3. The fourth-order valence-corrected chi connectivity index (χ4v) is 2.01. The van der Waals surface area contributed by atoms with Gasteiger partial charge in [0.25, 0.3) is 0 Å². The van der Waals surface area contributed by atoms with Gasteiger partial charge in [0.05, 0.1) is 18.0 Å². The fourth-order valence-electron chi connectivity index (χ4n) is 2.01. The minimum Gasteiger partial charge on any atom is -0.490 e. The molecule has 0 spiro atoms. The van der Waals surface area contributed by atoms with Gasteiger partial charge < -0.3 is 14.8 Å². The number of Topliss-reactive ketones (excluding diaryl/α,β-unsaturated/α-hetero) is 1. The van der Waals surface area contributed by atoms with Crippen molar-refractivity contribution in [1.82, 2.24) is 0 Å². The number of ketones is 1. The van der Waals surface area contributed by atoms with Crippen molar-refractivity contribution in [3.8, 4) is 0 Å². The van der Waals surface area contributed by atoms with Gasteiger partial charge in [-0.15, -0.1) is 0 Å². The number of rotatable bonds is 12. The summed E-state index contributed by atoms with van der Waals surface area (Å²) in [5.41, 5.74) is 1.82. The van der Waals surface area contributed by atoms with Crippen LogP contribution in [0.1, 0.15) is 13.8 Å². The number of anilines is 1. The van der Waals surface area contributed by atoms with Gasteiger partial charge in [0.15, 0.2) is 17.3 Å². The Balaban J connectivity index is 2.74. The van der Waals surface area contributed by atoms with Crippen LogP contribution in [-0.2, 0) is 14.3 Å². The summed E-state index contributed by atoms with van der Waals surface area (Å²) in [6, 6.07) is 7.48. The lowest BCUT2D eigenvalue weighted by Crippen LogP contribution is -2.11. The van der Waals surface area contributed by atoms with Gasteiger partial charge in [-0.3, -0.25) is 9.79 Å². The molecule has 0 bridgehead atoms. The van der Waals surface area contributed by atoms with Crippen LogP contribution in [0.4, 0.5) is 15.8 Å². The van der Waals surface area contributed by atoms with Gasteiger partial charge in [0, 0.05) is 12.1 Å². The summed E-state index contributed by atoms with van der Waals surface area (Å²) >= 11 is 0. The van der Waals surface area contributed by atoms with Gasteiger partial charge in [0.2, 0.25) is 0 Å². The summed E-state index contributed by atoms with van der Waals surface area (Å²) in [4.78, 5) is 15.3. The van der Waals surface area contributed by atoms with Crippen molar-refractivity contribution in [3.05, 3.63) is 60.1 Å². The molecule has 1 rings (SSSR count). The largest absolute Gasteiger partial charge is 0.490 e. The molecule has 0 aliphatic carbocycles. The molecule has 5 nitrogen and oxygen atoms in total. The number of benzene rings is 1. The standard InChI is InChI=1S/C20H25FN2O3/c1-5-25-20(14-15(2)16(3)24)19(10-11-21)26-13-12-23-18-9-7-6-8-17(18)22-4/h6-10,14,23H,2,4-5,11-13H2,1,3H3/b19-10+,20-14+. The van der Waals surface area contributed by atoms with Gasteiger partial charge in [-0.05, 0) is 44.8 Å². The highest BCUT2D eigenvalue weighted by Gasteiger charge is 2.10. The number of carbonyl (C=O) groups excluding carboxylic acids is 1. The van der Waals surface area contributed by atoms with Gasteiger partial charge in [-0.2, -0.15) is 0 Å². The van der Waals surface area contributed by atoms with Crippen LogP contribution >= 0.6 is 0 Å². The van der Waals surface area contributed by atoms with Gasteiger partial charge in [-0.25, -0.2) is 4.39 Å². The number of halogens is 1. The second-order valence-corrected chi connectivity index (χ2v) is 5.20. The van der Waals surface area contributed by atoms with Crippen LogP contribution in [0, 0.1) is 0 Å². The second kappa shape index (κ2) is 11.6. The molecule has 6 heteroatoms. The van der Waals surface area contributed by atoms with E-state index in [1.807, 2.05) is 24.3 Å². The maximum atomic E-state index is 12.8. The van der Waals surface area contributed by atoms with E-state index in [4.69, 9.17) is 9.47 Å². The predicted molar refractivity (Wildman–Crippen MR) is 104 cm³/mol. The molecule has 26 heavy (non-hydrogen) atoms. The van der Waals surface area contributed by atoms with Crippen molar-refractivity contribution in [2.45, 2.75) is 13.8 Å². The van der Waals surface area contributed by atoms with Crippen molar-refractivity contribution in [1.29, 1.82) is 0 Å². The van der Waals surface area contributed by atoms with Crippen molar-refractivity contribution < 1.29 is 18.7 Å². The van der Waals surface area contributed by atoms with Gasteiger partial charge >= 0.3 is 0 Å². The molecule has 0 radical (unpaired) electrons. The Morgan fingerprint density at radius 1 is 1.31 bits per heavy atom. The van der Waals surface area contributed by atoms with E-state index in [1.54, 1.807) is 6.92 Å². The van der Waals surface area contributed by atoms with Crippen LogP contribution in [-0.4, -0.2) is 38.9 Å². The molecule has 0 aromatic heterocycles. The zero-order valence-electron chi connectivity index (χ0n) is 15.3. The molecule has 1 N–H and O–H groups in total. The predicted octanol–water partition coefficient (Wildman–Crippen LogP) is 4.37. The number of nitrogens with zero attached hydrogens (tertiary/aromatic N) is 1. The first-order chi connectivity index (χ1) is 12.5. The quantitative estimate of drug-likeness (QED) is 0.198. The highest BCUT2D eigenvalue weighted by Crippen LogP contribution is 2.23. The Morgan fingerprint density at radius 2 is 2.04 bits per heavy atom. The SMILES string of the molecule is C=Nc1ccccc1NCCOC(=C/CF)/C(=C\C(=C)C(C)=O)OCC. The monoisotopic (exact) mass is 360 g/mol. The highest BCUT2D eigenvalue weighted by atomic mass is 19.1. The number of ether oxygens (including phenoxy) is 2. The van der Waals surface area contributed by atoms with E-state index in [-0.39, 0.29) is 29.5 Å². The zero-order valence-corrected chi connectivity index (χ0v) is 15.3. The highest BCUT2D eigenvalue weighted by molar-refractivity contribution is 5.95. The molecule has 0 atom stereocenters. The summed E-state index contributed by atoms with van der Waals surface area (Å²) in [6.07, 6.45) is 2.71. The Bertz CT molecular complexity index is 696. The number of aliphatic imine (C=N–C) groups is 1. The molecule has 140 valence electrons. The van der Waals surface area contributed by atoms with E-state index in [9.17, 15) is 9.18 Å². The summed E-state index contributed by atoms with van der Waals surface area (Å²) in [6.45, 7) is 10.7. The lowest BCUT2D eigenvalue weighted by atomic mass is 10.2. The minimum atomic E-state index is -0.719. The average molecular weight is 360 g/mol. The van der Waals surface area contributed by atoms with E-state index in [0.29, 0.717) is 13.2 Å². The molecule has 1 aromatic carbocycles. The number of para-hydroxylation sites is 2. The second-order valence-electron chi connectivity index (χ2n) is 5.20. The third-order valence-corrected chi connectivity index (χ3v) is 3.31. The van der Waals surface area contributed by atoms with E-state index >= 15 is 0 Å². The van der Waals surface area contributed by atoms with Crippen LogP contribution in [0.25, 0.3) is 0 Å². The molecule has 0 fully saturated rings. The smallest absolute Gasteiger partial charge is 0.161 e.